The fraction of sp³-hybridized carbons (Fsp3) is 0.481. The highest BCUT2D eigenvalue weighted by molar-refractivity contribution is 6.10. The molecule has 3 aromatic rings. The van der Waals surface area contributed by atoms with Crippen LogP contribution >= 0.6 is 0 Å². The van der Waals surface area contributed by atoms with Gasteiger partial charge in [-0.1, -0.05) is 57.2 Å². The molecule has 0 amide bonds. The van der Waals surface area contributed by atoms with Crippen molar-refractivity contribution in [3.8, 4) is 0 Å². The van der Waals surface area contributed by atoms with Gasteiger partial charge >= 0.3 is 0 Å². The zero-order chi connectivity index (χ0) is 19.0. The molecule has 2 aliphatic carbocycles. The molecule has 0 nitrogen and oxygen atoms in total. The molecule has 27 heavy (non-hydrogen) atoms. The number of fused-ring (bicyclic) bond motifs is 7. The van der Waals surface area contributed by atoms with Gasteiger partial charge in [-0.3, -0.25) is 0 Å². The molecule has 140 valence electrons. The van der Waals surface area contributed by atoms with E-state index in [-0.39, 0.29) is 0 Å². The number of benzene rings is 3. The molecule has 1 fully saturated rings. The Labute approximate surface area is 164 Å². The van der Waals surface area contributed by atoms with E-state index in [2.05, 4.69) is 71.0 Å². The SMILES string of the molecule is Cc1ccc2c(ccc3c4c(ccc32)[C@@H]2CC(C)(C)CC[C@]2(C)CC4)c1C. The van der Waals surface area contributed by atoms with Crippen LogP contribution in [0, 0.1) is 24.7 Å². The second-order valence-corrected chi connectivity index (χ2v) is 10.5. The molecule has 3 aromatic carbocycles. The largest absolute Gasteiger partial charge is 0.0599 e. The van der Waals surface area contributed by atoms with Gasteiger partial charge in [0.2, 0.25) is 0 Å². The van der Waals surface area contributed by atoms with Gasteiger partial charge in [-0.05, 0) is 106 Å². The molecule has 0 spiro atoms. The molecule has 2 aliphatic rings. The van der Waals surface area contributed by atoms with Crippen molar-refractivity contribution in [2.24, 2.45) is 10.8 Å². The molecule has 2 atom stereocenters. The standard InChI is InChI=1S/C27H32/c1-17-6-7-20-19(18(17)2)8-9-22-21(20)10-11-24-23(22)12-13-27(5)15-14-26(3,4)16-25(24)27/h6-11,25H,12-16H2,1-5H3/t25-,27-/m0/s1. The Morgan fingerprint density at radius 1 is 0.741 bits per heavy atom. The lowest BCUT2D eigenvalue weighted by Crippen LogP contribution is -2.39. The topological polar surface area (TPSA) is 0 Å². The fourth-order valence-electron chi connectivity index (χ4n) is 6.06. The zero-order valence-corrected chi connectivity index (χ0v) is 17.6. The van der Waals surface area contributed by atoms with Crippen LogP contribution in [0.3, 0.4) is 0 Å². The summed E-state index contributed by atoms with van der Waals surface area (Å²) in [4.78, 5) is 0. The Balaban J connectivity index is 1.74. The molecule has 1 saturated carbocycles. The second kappa shape index (κ2) is 5.60. The Hall–Kier alpha value is -1.82. The lowest BCUT2D eigenvalue weighted by Gasteiger charge is -2.51. The van der Waals surface area contributed by atoms with Crippen molar-refractivity contribution in [1.82, 2.24) is 0 Å². The van der Waals surface area contributed by atoms with Gasteiger partial charge in [0.1, 0.15) is 0 Å². The molecule has 0 unspecified atom stereocenters. The number of hydrogen-bond donors (Lipinski definition) is 0. The average molecular weight is 357 g/mol. The van der Waals surface area contributed by atoms with Crippen LogP contribution in [0.15, 0.2) is 36.4 Å². The predicted molar refractivity (Wildman–Crippen MR) is 118 cm³/mol. The number of rotatable bonds is 0. The summed E-state index contributed by atoms with van der Waals surface area (Å²) in [5.41, 5.74) is 7.10. The normalized spacial score (nSPS) is 26.8. The Morgan fingerprint density at radius 3 is 2.22 bits per heavy atom. The summed E-state index contributed by atoms with van der Waals surface area (Å²) in [5, 5.41) is 5.80. The maximum Gasteiger partial charge on any atom is -0.00998 e. The minimum Gasteiger partial charge on any atom is -0.0599 e. The van der Waals surface area contributed by atoms with Gasteiger partial charge in [-0.25, -0.2) is 0 Å². The van der Waals surface area contributed by atoms with Crippen molar-refractivity contribution < 1.29 is 0 Å². The third-order valence-corrected chi connectivity index (χ3v) is 8.18. The van der Waals surface area contributed by atoms with Crippen LogP contribution in [0.1, 0.15) is 74.6 Å². The molecule has 0 radical (unpaired) electrons. The highest BCUT2D eigenvalue weighted by atomic mass is 14.5. The summed E-state index contributed by atoms with van der Waals surface area (Å²) in [6.07, 6.45) is 6.71. The van der Waals surface area contributed by atoms with Gasteiger partial charge in [0, 0.05) is 0 Å². The lowest BCUT2D eigenvalue weighted by molar-refractivity contribution is 0.0705. The second-order valence-electron chi connectivity index (χ2n) is 10.5. The van der Waals surface area contributed by atoms with E-state index < -0.39 is 0 Å². The minimum atomic E-state index is 0.478. The summed E-state index contributed by atoms with van der Waals surface area (Å²) >= 11 is 0. The van der Waals surface area contributed by atoms with Crippen LogP contribution in [0.5, 0.6) is 0 Å². The van der Waals surface area contributed by atoms with E-state index in [9.17, 15) is 0 Å². The van der Waals surface area contributed by atoms with Crippen LogP contribution < -0.4 is 0 Å². The van der Waals surface area contributed by atoms with E-state index in [0.717, 1.165) is 5.92 Å². The van der Waals surface area contributed by atoms with Crippen LogP contribution in [0.4, 0.5) is 0 Å². The van der Waals surface area contributed by atoms with Gasteiger partial charge in [0.25, 0.3) is 0 Å². The van der Waals surface area contributed by atoms with E-state index in [1.54, 1.807) is 11.1 Å². The third kappa shape index (κ3) is 2.49. The Morgan fingerprint density at radius 2 is 1.41 bits per heavy atom. The van der Waals surface area contributed by atoms with Crippen molar-refractivity contribution in [2.75, 3.05) is 0 Å². The summed E-state index contributed by atoms with van der Waals surface area (Å²) < 4.78 is 0. The summed E-state index contributed by atoms with van der Waals surface area (Å²) in [6, 6.07) is 14.3. The first-order chi connectivity index (χ1) is 12.8. The first-order valence-corrected chi connectivity index (χ1v) is 10.7. The molecule has 0 heteroatoms. The van der Waals surface area contributed by atoms with Gasteiger partial charge < -0.3 is 0 Å². The first kappa shape index (κ1) is 17.3. The molecule has 0 N–H and O–H groups in total. The molecule has 0 aliphatic heterocycles. The average Bonchev–Trinajstić information content (AvgIpc) is 2.64. The van der Waals surface area contributed by atoms with Crippen molar-refractivity contribution in [2.45, 2.75) is 72.6 Å². The van der Waals surface area contributed by atoms with Crippen molar-refractivity contribution >= 4 is 21.5 Å². The molecule has 5 rings (SSSR count). The van der Waals surface area contributed by atoms with E-state index in [4.69, 9.17) is 0 Å². The summed E-state index contributed by atoms with van der Waals surface area (Å²) in [6.45, 7) is 12.0. The molecule has 0 bridgehead atoms. The van der Waals surface area contributed by atoms with Crippen molar-refractivity contribution in [3.63, 3.8) is 0 Å². The van der Waals surface area contributed by atoms with Crippen molar-refractivity contribution in [3.05, 3.63) is 58.7 Å². The molecular formula is C27H32. The first-order valence-electron chi connectivity index (χ1n) is 10.7. The minimum absolute atomic E-state index is 0.478. The molecule has 0 saturated heterocycles. The molecular weight excluding hydrogens is 324 g/mol. The van der Waals surface area contributed by atoms with Gasteiger partial charge in [-0.2, -0.15) is 0 Å². The Kier molecular flexibility index (Phi) is 3.58. The van der Waals surface area contributed by atoms with E-state index in [1.165, 1.54) is 64.8 Å². The molecule has 0 aromatic heterocycles. The van der Waals surface area contributed by atoms with Crippen LogP contribution in [-0.2, 0) is 6.42 Å². The molecule has 0 heterocycles. The maximum atomic E-state index is 2.56. The van der Waals surface area contributed by atoms with Crippen LogP contribution in [0.25, 0.3) is 21.5 Å². The highest BCUT2D eigenvalue weighted by Gasteiger charge is 2.46. The summed E-state index contributed by atoms with van der Waals surface area (Å²) in [5.74, 6) is 0.727. The smallest absolute Gasteiger partial charge is 0.00998 e. The summed E-state index contributed by atoms with van der Waals surface area (Å²) in [7, 11) is 0. The maximum absolute atomic E-state index is 2.56. The third-order valence-electron chi connectivity index (χ3n) is 8.18. The van der Waals surface area contributed by atoms with E-state index in [0.29, 0.717) is 10.8 Å². The number of aryl methyl sites for hydroxylation is 3. The Bertz CT molecular complexity index is 1070. The highest BCUT2D eigenvalue weighted by Crippen LogP contribution is 2.58. The van der Waals surface area contributed by atoms with Gasteiger partial charge in [0.15, 0.2) is 0 Å². The van der Waals surface area contributed by atoms with E-state index >= 15 is 0 Å². The fourth-order valence-corrected chi connectivity index (χ4v) is 6.06. The quantitative estimate of drug-likeness (QED) is 0.360. The van der Waals surface area contributed by atoms with Crippen molar-refractivity contribution in [1.29, 1.82) is 0 Å². The lowest BCUT2D eigenvalue weighted by atomic mass is 9.53. The zero-order valence-electron chi connectivity index (χ0n) is 17.6. The van der Waals surface area contributed by atoms with Crippen LogP contribution in [-0.4, -0.2) is 0 Å². The monoisotopic (exact) mass is 356 g/mol. The number of hydrogen-bond acceptors (Lipinski definition) is 0. The van der Waals surface area contributed by atoms with E-state index in [1.807, 2.05) is 0 Å². The predicted octanol–water partition coefficient (Wildman–Crippen LogP) is 7.86. The van der Waals surface area contributed by atoms with Gasteiger partial charge in [0.05, 0.1) is 0 Å². The van der Waals surface area contributed by atoms with Gasteiger partial charge in [-0.15, -0.1) is 0 Å². The van der Waals surface area contributed by atoms with Crippen LogP contribution in [0.2, 0.25) is 0 Å².